The van der Waals surface area contributed by atoms with E-state index < -0.39 is 5.41 Å². The van der Waals surface area contributed by atoms with E-state index in [0.717, 1.165) is 11.4 Å². The van der Waals surface area contributed by atoms with Gasteiger partial charge in [-0.15, -0.1) is 0 Å². The van der Waals surface area contributed by atoms with E-state index in [9.17, 15) is 9.50 Å². The molecule has 1 aromatic carbocycles. The average molecular weight is 278 g/mol. The fourth-order valence-electron chi connectivity index (χ4n) is 2.30. The van der Waals surface area contributed by atoms with E-state index in [1.54, 1.807) is 16.8 Å². The summed E-state index contributed by atoms with van der Waals surface area (Å²) in [5.74, 6) is 0.450. The molecule has 0 amide bonds. The predicted octanol–water partition coefficient (Wildman–Crippen LogP) is 0.869. The van der Waals surface area contributed by atoms with E-state index in [4.69, 9.17) is 5.73 Å². The Kier molecular flexibility index (Phi) is 4.46. The molecule has 6 heteroatoms. The number of halogens is 1. The van der Waals surface area contributed by atoms with E-state index in [1.165, 1.54) is 18.5 Å². The van der Waals surface area contributed by atoms with E-state index in [1.807, 2.05) is 6.92 Å². The third kappa shape index (κ3) is 2.71. The SMILES string of the molecule is CCn1ncnc1CC(CN)(CO)c1ccc(F)cc1. The Hall–Kier alpha value is -1.79. The molecule has 0 saturated heterocycles. The summed E-state index contributed by atoms with van der Waals surface area (Å²) < 4.78 is 14.8. The van der Waals surface area contributed by atoms with Crippen LogP contribution in [-0.4, -0.2) is 33.0 Å². The third-order valence-electron chi connectivity index (χ3n) is 3.64. The lowest BCUT2D eigenvalue weighted by atomic mass is 9.78. The fraction of sp³-hybridized carbons (Fsp3) is 0.429. The van der Waals surface area contributed by atoms with Crippen LogP contribution in [0.15, 0.2) is 30.6 Å². The van der Waals surface area contributed by atoms with Crippen molar-refractivity contribution in [2.24, 2.45) is 5.73 Å². The zero-order chi connectivity index (χ0) is 14.6. The first kappa shape index (κ1) is 14.6. The summed E-state index contributed by atoms with van der Waals surface area (Å²) in [7, 11) is 0. The van der Waals surface area contributed by atoms with Gasteiger partial charge in [0.05, 0.1) is 6.61 Å². The quantitative estimate of drug-likeness (QED) is 0.822. The Bertz CT molecular complexity index is 549. The Morgan fingerprint density at radius 1 is 1.35 bits per heavy atom. The zero-order valence-electron chi connectivity index (χ0n) is 11.5. The highest BCUT2D eigenvalue weighted by molar-refractivity contribution is 5.28. The topological polar surface area (TPSA) is 77.0 Å². The number of aliphatic hydroxyl groups excluding tert-OH is 1. The highest BCUT2D eigenvalue weighted by Crippen LogP contribution is 2.27. The summed E-state index contributed by atoms with van der Waals surface area (Å²) in [5.41, 5.74) is 6.01. The molecule has 5 nitrogen and oxygen atoms in total. The van der Waals surface area contributed by atoms with Gasteiger partial charge < -0.3 is 10.8 Å². The number of aryl methyl sites for hydroxylation is 1. The molecule has 0 aliphatic carbocycles. The molecule has 2 rings (SSSR count). The Morgan fingerprint density at radius 2 is 2.05 bits per heavy atom. The minimum Gasteiger partial charge on any atom is -0.395 e. The highest BCUT2D eigenvalue weighted by Gasteiger charge is 2.32. The second-order valence-corrected chi connectivity index (χ2v) is 4.82. The Labute approximate surface area is 117 Å². The Morgan fingerprint density at radius 3 is 2.60 bits per heavy atom. The van der Waals surface area contributed by atoms with Crippen LogP contribution in [0.5, 0.6) is 0 Å². The van der Waals surface area contributed by atoms with Crippen LogP contribution >= 0.6 is 0 Å². The smallest absolute Gasteiger partial charge is 0.138 e. The Balaban J connectivity index is 2.36. The van der Waals surface area contributed by atoms with Crippen LogP contribution in [0, 0.1) is 5.82 Å². The monoisotopic (exact) mass is 278 g/mol. The molecule has 20 heavy (non-hydrogen) atoms. The summed E-state index contributed by atoms with van der Waals surface area (Å²) >= 11 is 0. The first-order chi connectivity index (χ1) is 9.65. The van der Waals surface area contributed by atoms with Gasteiger partial charge in [-0.2, -0.15) is 5.10 Å². The molecule has 3 N–H and O–H groups in total. The first-order valence-corrected chi connectivity index (χ1v) is 6.59. The first-order valence-electron chi connectivity index (χ1n) is 6.59. The van der Waals surface area contributed by atoms with Crippen molar-refractivity contribution in [3.63, 3.8) is 0 Å². The molecule has 0 fully saturated rings. The van der Waals surface area contributed by atoms with Crippen LogP contribution in [0.1, 0.15) is 18.3 Å². The summed E-state index contributed by atoms with van der Waals surface area (Å²) in [4.78, 5) is 4.22. The number of nitrogens with zero attached hydrogens (tertiary/aromatic N) is 3. The van der Waals surface area contributed by atoms with Crippen LogP contribution < -0.4 is 5.73 Å². The molecular formula is C14H19FN4O. The maximum atomic E-state index is 13.1. The van der Waals surface area contributed by atoms with Gasteiger partial charge in [0.1, 0.15) is 18.0 Å². The molecule has 0 aliphatic rings. The van der Waals surface area contributed by atoms with Crippen molar-refractivity contribution >= 4 is 0 Å². The van der Waals surface area contributed by atoms with Gasteiger partial charge in [0.15, 0.2) is 0 Å². The lowest BCUT2D eigenvalue weighted by Gasteiger charge is -2.30. The second kappa shape index (κ2) is 6.11. The summed E-state index contributed by atoms with van der Waals surface area (Å²) in [5, 5.41) is 13.9. The number of nitrogens with two attached hydrogens (primary N) is 1. The number of benzene rings is 1. The van der Waals surface area contributed by atoms with Crippen molar-refractivity contribution in [1.29, 1.82) is 0 Å². The molecular weight excluding hydrogens is 259 g/mol. The van der Waals surface area contributed by atoms with Gasteiger partial charge in [-0.05, 0) is 24.6 Å². The van der Waals surface area contributed by atoms with E-state index in [0.29, 0.717) is 13.0 Å². The van der Waals surface area contributed by atoms with Gasteiger partial charge in [0.25, 0.3) is 0 Å². The van der Waals surface area contributed by atoms with Gasteiger partial charge in [0.2, 0.25) is 0 Å². The molecule has 1 aromatic heterocycles. The van der Waals surface area contributed by atoms with Crippen molar-refractivity contribution in [3.05, 3.63) is 47.8 Å². The molecule has 0 radical (unpaired) electrons. The summed E-state index contributed by atoms with van der Waals surface area (Å²) in [6, 6.07) is 6.07. The molecule has 1 atom stereocenters. The van der Waals surface area contributed by atoms with E-state index in [-0.39, 0.29) is 19.0 Å². The minimum atomic E-state index is -0.673. The van der Waals surface area contributed by atoms with Crippen LogP contribution in [0.4, 0.5) is 4.39 Å². The molecule has 0 spiro atoms. The maximum Gasteiger partial charge on any atom is 0.138 e. The highest BCUT2D eigenvalue weighted by atomic mass is 19.1. The van der Waals surface area contributed by atoms with Gasteiger partial charge in [-0.1, -0.05) is 12.1 Å². The molecule has 108 valence electrons. The van der Waals surface area contributed by atoms with Crippen LogP contribution in [0.3, 0.4) is 0 Å². The summed E-state index contributed by atoms with van der Waals surface area (Å²) in [6.45, 7) is 2.78. The van der Waals surface area contributed by atoms with Gasteiger partial charge in [-0.3, -0.25) is 4.68 Å². The number of hydrogen-bond acceptors (Lipinski definition) is 4. The van der Waals surface area contributed by atoms with Crippen molar-refractivity contribution in [1.82, 2.24) is 14.8 Å². The zero-order valence-corrected chi connectivity index (χ0v) is 11.5. The summed E-state index contributed by atoms with van der Waals surface area (Å²) in [6.07, 6.45) is 1.95. The van der Waals surface area contributed by atoms with E-state index in [2.05, 4.69) is 10.1 Å². The number of hydrogen-bond donors (Lipinski definition) is 2. The molecule has 1 unspecified atom stereocenters. The van der Waals surface area contributed by atoms with Crippen molar-refractivity contribution in [2.75, 3.05) is 13.2 Å². The third-order valence-corrected chi connectivity index (χ3v) is 3.64. The predicted molar refractivity (Wildman–Crippen MR) is 73.6 cm³/mol. The van der Waals surface area contributed by atoms with Crippen molar-refractivity contribution in [3.8, 4) is 0 Å². The maximum absolute atomic E-state index is 13.1. The molecule has 0 saturated carbocycles. The van der Waals surface area contributed by atoms with Crippen LogP contribution in [0.25, 0.3) is 0 Å². The van der Waals surface area contributed by atoms with Crippen molar-refractivity contribution in [2.45, 2.75) is 25.3 Å². The molecule has 2 aromatic rings. The largest absolute Gasteiger partial charge is 0.395 e. The van der Waals surface area contributed by atoms with Gasteiger partial charge in [0, 0.05) is 24.9 Å². The standard InChI is InChI=1S/C14H19FN4O/c1-2-19-13(17-10-18-19)7-14(8-16,9-20)11-3-5-12(15)6-4-11/h3-6,10,20H,2,7-9,16H2,1H3. The number of aliphatic hydroxyl groups is 1. The van der Waals surface area contributed by atoms with Gasteiger partial charge in [-0.25, -0.2) is 9.37 Å². The van der Waals surface area contributed by atoms with Crippen LogP contribution in [-0.2, 0) is 18.4 Å². The molecule has 1 heterocycles. The lowest BCUT2D eigenvalue weighted by Crippen LogP contribution is -2.41. The van der Waals surface area contributed by atoms with E-state index >= 15 is 0 Å². The van der Waals surface area contributed by atoms with Crippen molar-refractivity contribution < 1.29 is 9.50 Å². The second-order valence-electron chi connectivity index (χ2n) is 4.82. The number of rotatable bonds is 6. The fourth-order valence-corrected chi connectivity index (χ4v) is 2.30. The average Bonchev–Trinajstić information content (AvgIpc) is 2.93. The van der Waals surface area contributed by atoms with Gasteiger partial charge >= 0.3 is 0 Å². The lowest BCUT2D eigenvalue weighted by molar-refractivity contribution is 0.192. The normalized spacial score (nSPS) is 14.2. The number of aromatic nitrogens is 3. The molecule has 0 bridgehead atoms. The molecule has 0 aliphatic heterocycles. The minimum absolute atomic E-state index is 0.133. The van der Waals surface area contributed by atoms with Crippen LogP contribution in [0.2, 0.25) is 0 Å².